The van der Waals surface area contributed by atoms with Crippen molar-refractivity contribution in [1.82, 2.24) is 0 Å². The molecular formula is C14H12BrNO2. The second-order valence-electron chi connectivity index (χ2n) is 3.83. The quantitative estimate of drug-likeness (QED) is 0.904. The van der Waals surface area contributed by atoms with Crippen LogP contribution in [0.5, 0.6) is 0 Å². The molecule has 0 aromatic heterocycles. The molecule has 2 aromatic carbocycles. The summed E-state index contributed by atoms with van der Waals surface area (Å²) in [5.41, 5.74) is 2.01. The second kappa shape index (κ2) is 5.69. The van der Waals surface area contributed by atoms with E-state index in [0.717, 1.165) is 10.0 Å². The van der Waals surface area contributed by atoms with Crippen molar-refractivity contribution in [2.24, 2.45) is 0 Å². The van der Waals surface area contributed by atoms with Crippen LogP contribution in [0.15, 0.2) is 53.0 Å². The Morgan fingerprint density at radius 2 is 1.78 bits per heavy atom. The first kappa shape index (κ1) is 12.6. The highest BCUT2D eigenvalue weighted by molar-refractivity contribution is 9.10. The number of halogens is 1. The summed E-state index contributed by atoms with van der Waals surface area (Å²) in [6, 6.07) is 14.8. The van der Waals surface area contributed by atoms with Gasteiger partial charge in [-0.05, 0) is 29.8 Å². The van der Waals surface area contributed by atoms with Gasteiger partial charge < -0.3 is 10.4 Å². The standard InChI is InChI=1S/C14H12BrNO2/c15-11-7-5-10(6-8-11)9-16-13-4-2-1-3-12(13)14(17)18/h1-8,16H,9H2,(H,17,18). The molecule has 0 fully saturated rings. The van der Waals surface area contributed by atoms with Crippen LogP contribution in [-0.4, -0.2) is 11.1 Å². The Morgan fingerprint density at radius 1 is 1.11 bits per heavy atom. The summed E-state index contributed by atoms with van der Waals surface area (Å²) in [6.07, 6.45) is 0. The third-order valence-corrected chi connectivity index (χ3v) is 3.08. The molecule has 2 N–H and O–H groups in total. The smallest absolute Gasteiger partial charge is 0.337 e. The molecule has 0 heterocycles. The minimum absolute atomic E-state index is 0.287. The molecule has 2 rings (SSSR count). The van der Waals surface area contributed by atoms with Crippen molar-refractivity contribution in [2.45, 2.75) is 6.54 Å². The summed E-state index contributed by atoms with van der Waals surface area (Å²) >= 11 is 3.37. The van der Waals surface area contributed by atoms with Crippen LogP contribution < -0.4 is 5.32 Å². The maximum Gasteiger partial charge on any atom is 0.337 e. The van der Waals surface area contributed by atoms with Gasteiger partial charge in [0.1, 0.15) is 0 Å². The van der Waals surface area contributed by atoms with Gasteiger partial charge in [0.05, 0.1) is 5.56 Å². The fourth-order valence-electron chi connectivity index (χ4n) is 1.62. The van der Waals surface area contributed by atoms with Gasteiger partial charge in [-0.3, -0.25) is 0 Å². The molecule has 0 amide bonds. The van der Waals surface area contributed by atoms with Crippen molar-refractivity contribution in [1.29, 1.82) is 0 Å². The van der Waals surface area contributed by atoms with E-state index in [9.17, 15) is 4.79 Å². The zero-order chi connectivity index (χ0) is 13.0. The topological polar surface area (TPSA) is 49.3 Å². The second-order valence-corrected chi connectivity index (χ2v) is 4.75. The number of aromatic carboxylic acids is 1. The van der Waals surface area contributed by atoms with E-state index in [1.807, 2.05) is 30.3 Å². The van der Waals surface area contributed by atoms with Gasteiger partial charge in [0.2, 0.25) is 0 Å². The lowest BCUT2D eigenvalue weighted by atomic mass is 10.1. The van der Waals surface area contributed by atoms with Gasteiger partial charge >= 0.3 is 5.97 Å². The van der Waals surface area contributed by atoms with Crippen molar-refractivity contribution in [3.63, 3.8) is 0 Å². The summed E-state index contributed by atoms with van der Waals surface area (Å²) in [5, 5.41) is 12.2. The molecule has 0 radical (unpaired) electrons. The Kier molecular flexibility index (Phi) is 3.99. The van der Waals surface area contributed by atoms with E-state index in [1.54, 1.807) is 18.2 Å². The lowest BCUT2D eigenvalue weighted by Crippen LogP contribution is -2.06. The SMILES string of the molecule is O=C(O)c1ccccc1NCc1ccc(Br)cc1. The number of para-hydroxylation sites is 1. The number of carbonyl (C=O) groups is 1. The van der Waals surface area contributed by atoms with Gasteiger partial charge in [-0.15, -0.1) is 0 Å². The molecule has 0 saturated heterocycles. The molecule has 18 heavy (non-hydrogen) atoms. The molecule has 0 aliphatic heterocycles. The molecule has 0 atom stereocenters. The Bertz CT molecular complexity index is 552. The number of hydrogen-bond donors (Lipinski definition) is 2. The van der Waals surface area contributed by atoms with Crippen LogP contribution in [0.3, 0.4) is 0 Å². The first-order valence-corrected chi connectivity index (χ1v) is 6.27. The summed E-state index contributed by atoms with van der Waals surface area (Å²) in [5.74, 6) is -0.922. The van der Waals surface area contributed by atoms with Gasteiger partial charge in [0, 0.05) is 16.7 Å². The third-order valence-electron chi connectivity index (χ3n) is 2.55. The lowest BCUT2D eigenvalue weighted by Gasteiger charge is -2.09. The van der Waals surface area contributed by atoms with E-state index < -0.39 is 5.97 Å². The maximum atomic E-state index is 11.0. The molecule has 0 unspecified atom stereocenters. The van der Waals surface area contributed by atoms with Crippen molar-refractivity contribution in [3.05, 3.63) is 64.1 Å². The van der Waals surface area contributed by atoms with Crippen LogP contribution in [-0.2, 0) is 6.54 Å². The van der Waals surface area contributed by atoms with Crippen LogP contribution in [0.4, 0.5) is 5.69 Å². The summed E-state index contributed by atoms with van der Waals surface area (Å²) in [4.78, 5) is 11.0. The molecule has 2 aromatic rings. The molecule has 3 nitrogen and oxygen atoms in total. The Labute approximate surface area is 114 Å². The van der Waals surface area contributed by atoms with E-state index in [-0.39, 0.29) is 5.56 Å². The predicted molar refractivity (Wildman–Crippen MR) is 74.9 cm³/mol. The highest BCUT2D eigenvalue weighted by atomic mass is 79.9. The minimum Gasteiger partial charge on any atom is -0.478 e. The maximum absolute atomic E-state index is 11.0. The molecule has 0 bridgehead atoms. The van der Waals surface area contributed by atoms with Crippen LogP contribution in [0, 0.1) is 0 Å². The highest BCUT2D eigenvalue weighted by Gasteiger charge is 2.07. The van der Waals surface area contributed by atoms with Gasteiger partial charge in [-0.25, -0.2) is 4.79 Å². The van der Waals surface area contributed by atoms with E-state index in [0.29, 0.717) is 12.2 Å². The Balaban J connectivity index is 2.10. The van der Waals surface area contributed by atoms with Gasteiger partial charge in [-0.2, -0.15) is 0 Å². The molecule has 0 spiro atoms. The fraction of sp³-hybridized carbons (Fsp3) is 0.0714. The summed E-state index contributed by atoms with van der Waals surface area (Å²) < 4.78 is 1.03. The summed E-state index contributed by atoms with van der Waals surface area (Å²) in [6.45, 7) is 0.595. The van der Waals surface area contributed by atoms with Crippen LogP contribution in [0.25, 0.3) is 0 Å². The number of benzene rings is 2. The molecule has 0 saturated carbocycles. The largest absolute Gasteiger partial charge is 0.478 e. The van der Waals surface area contributed by atoms with E-state index in [4.69, 9.17) is 5.11 Å². The Hall–Kier alpha value is -1.81. The first-order chi connectivity index (χ1) is 8.66. The molecule has 92 valence electrons. The van der Waals surface area contributed by atoms with Gasteiger partial charge in [-0.1, -0.05) is 40.2 Å². The molecule has 0 aliphatic rings. The number of hydrogen-bond acceptors (Lipinski definition) is 2. The van der Waals surface area contributed by atoms with Gasteiger partial charge in [0.15, 0.2) is 0 Å². The number of anilines is 1. The van der Waals surface area contributed by atoms with Crippen LogP contribution >= 0.6 is 15.9 Å². The number of carboxylic acid groups (broad SMARTS) is 1. The van der Waals surface area contributed by atoms with Crippen LogP contribution in [0.1, 0.15) is 15.9 Å². The third kappa shape index (κ3) is 3.11. The van der Waals surface area contributed by atoms with Crippen molar-refractivity contribution in [2.75, 3.05) is 5.32 Å². The monoisotopic (exact) mass is 305 g/mol. The van der Waals surface area contributed by atoms with Crippen molar-refractivity contribution >= 4 is 27.6 Å². The number of nitrogens with one attached hydrogen (secondary N) is 1. The predicted octanol–water partition coefficient (Wildman–Crippen LogP) is 3.76. The normalized spacial score (nSPS) is 10.1. The van der Waals surface area contributed by atoms with E-state index in [2.05, 4.69) is 21.2 Å². The summed E-state index contributed by atoms with van der Waals surface area (Å²) in [7, 11) is 0. The highest BCUT2D eigenvalue weighted by Crippen LogP contribution is 2.17. The number of carboxylic acids is 1. The Morgan fingerprint density at radius 3 is 2.44 bits per heavy atom. The molecular weight excluding hydrogens is 294 g/mol. The zero-order valence-corrected chi connectivity index (χ0v) is 11.1. The van der Waals surface area contributed by atoms with Crippen molar-refractivity contribution in [3.8, 4) is 0 Å². The first-order valence-electron chi connectivity index (χ1n) is 5.47. The lowest BCUT2D eigenvalue weighted by molar-refractivity contribution is 0.0698. The average Bonchev–Trinajstić information content (AvgIpc) is 2.38. The fourth-order valence-corrected chi connectivity index (χ4v) is 1.89. The molecule has 4 heteroatoms. The zero-order valence-electron chi connectivity index (χ0n) is 9.56. The van der Waals surface area contributed by atoms with Crippen molar-refractivity contribution < 1.29 is 9.90 Å². The number of rotatable bonds is 4. The van der Waals surface area contributed by atoms with E-state index in [1.165, 1.54) is 0 Å². The van der Waals surface area contributed by atoms with Crippen LogP contribution in [0.2, 0.25) is 0 Å². The average molecular weight is 306 g/mol. The minimum atomic E-state index is -0.922. The van der Waals surface area contributed by atoms with Gasteiger partial charge in [0.25, 0.3) is 0 Å². The van der Waals surface area contributed by atoms with E-state index >= 15 is 0 Å². The molecule has 0 aliphatic carbocycles.